The third-order valence-corrected chi connectivity index (χ3v) is 4.60. The number of carbonyl (C=O) groups excluding carboxylic acids is 1. The summed E-state index contributed by atoms with van der Waals surface area (Å²) in [6, 6.07) is 10.1. The molecule has 1 aromatic carbocycles. The summed E-state index contributed by atoms with van der Waals surface area (Å²) < 4.78 is 5.66. The van der Waals surface area contributed by atoms with Crippen LogP contribution in [0, 0.1) is 6.92 Å². The van der Waals surface area contributed by atoms with Crippen LogP contribution in [0.2, 0.25) is 0 Å². The van der Waals surface area contributed by atoms with Gasteiger partial charge in [-0.1, -0.05) is 18.2 Å². The second kappa shape index (κ2) is 7.95. The van der Waals surface area contributed by atoms with Gasteiger partial charge in [-0.05, 0) is 60.9 Å². The third kappa shape index (κ3) is 4.13. The average Bonchev–Trinajstić information content (AvgIpc) is 2.60. The number of nitrogens with one attached hydrogen (secondary N) is 1. The van der Waals surface area contributed by atoms with E-state index >= 15 is 0 Å². The first-order valence-electron chi connectivity index (χ1n) is 8.62. The van der Waals surface area contributed by atoms with Gasteiger partial charge in [-0.25, -0.2) is 0 Å². The minimum absolute atomic E-state index is 0.128. The average molecular weight is 324 g/mol. The maximum atomic E-state index is 12.2. The second-order valence-electron chi connectivity index (χ2n) is 6.33. The lowest BCUT2D eigenvalue weighted by atomic mass is 9.90. The van der Waals surface area contributed by atoms with E-state index in [-0.39, 0.29) is 11.8 Å². The van der Waals surface area contributed by atoms with Crippen LogP contribution < -0.4 is 10.1 Å². The molecular formula is C20H24N2O2. The molecule has 126 valence electrons. The van der Waals surface area contributed by atoms with E-state index in [1.807, 2.05) is 30.6 Å². The third-order valence-electron chi connectivity index (χ3n) is 4.60. The van der Waals surface area contributed by atoms with Gasteiger partial charge >= 0.3 is 0 Å². The fourth-order valence-corrected chi connectivity index (χ4v) is 3.21. The maximum absolute atomic E-state index is 12.2. The molecule has 3 rings (SSSR count). The van der Waals surface area contributed by atoms with E-state index in [2.05, 4.69) is 29.4 Å². The molecule has 1 aliphatic rings. The van der Waals surface area contributed by atoms with Gasteiger partial charge in [-0.2, -0.15) is 0 Å². The zero-order valence-corrected chi connectivity index (χ0v) is 14.1. The smallest absolute Gasteiger partial charge is 0.220 e. The first-order chi connectivity index (χ1) is 11.7. The Morgan fingerprint density at radius 3 is 3.08 bits per heavy atom. The number of nitrogens with zero attached hydrogens (tertiary/aromatic N) is 1. The van der Waals surface area contributed by atoms with Crippen LogP contribution in [0.1, 0.15) is 41.9 Å². The van der Waals surface area contributed by atoms with Gasteiger partial charge in [-0.15, -0.1) is 0 Å². The van der Waals surface area contributed by atoms with E-state index in [1.165, 1.54) is 11.1 Å². The number of hydrogen-bond acceptors (Lipinski definition) is 3. The van der Waals surface area contributed by atoms with Gasteiger partial charge < -0.3 is 10.1 Å². The Labute approximate surface area is 143 Å². The molecule has 0 saturated carbocycles. The minimum atomic E-state index is 0.128. The summed E-state index contributed by atoms with van der Waals surface area (Å²) in [6.45, 7) is 3.48. The van der Waals surface area contributed by atoms with E-state index < -0.39 is 0 Å². The van der Waals surface area contributed by atoms with Crippen molar-refractivity contribution in [1.29, 1.82) is 0 Å². The molecule has 1 amide bonds. The number of aryl methyl sites for hydroxylation is 2. The van der Waals surface area contributed by atoms with E-state index in [4.69, 9.17) is 4.74 Å². The summed E-state index contributed by atoms with van der Waals surface area (Å²) in [6.07, 6.45) is 7.06. The minimum Gasteiger partial charge on any atom is -0.493 e. The van der Waals surface area contributed by atoms with Crippen molar-refractivity contribution in [1.82, 2.24) is 10.3 Å². The summed E-state index contributed by atoms with van der Waals surface area (Å²) in [7, 11) is 0. The number of aromatic nitrogens is 1. The number of amides is 1. The van der Waals surface area contributed by atoms with Crippen molar-refractivity contribution in [2.75, 3.05) is 13.2 Å². The molecule has 4 nitrogen and oxygen atoms in total. The Kier molecular flexibility index (Phi) is 5.47. The number of ether oxygens (including phenoxy) is 1. The first-order valence-corrected chi connectivity index (χ1v) is 8.62. The van der Waals surface area contributed by atoms with Gasteiger partial charge in [0.1, 0.15) is 5.75 Å². The molecule has 1 atom stereocenters. The highest BCUT2D eigenvalue weighted by atomic mass is 16.5. The molecule has 4 heteroatoms. The van der Waals surface area contributed by atoms with E-state index in [0.717, 1.165) is 30.6 Å². The molecule has 1 aliphatic heterocycles. The number of fused-ring (bicyclic) bond motifs is 1. The quantitative estimate of drug-likeness (QED) is 0.829. The van der Waals surface area contributed by atoms with Crippen LogP contribution in [0.3, 0.4) is 0 Å². The van der Waals surface area contributed by atoms with Crippen molar-refractivity contribution in [3.05, 3.63) is 59.4 Å². The standard InChI is InChI=1S/C20H24N2O2/c1-15-14-21-11-8-16(15)5-4-10-22-20(23)13-17-9-12-24-19-7-3-2-6-18(17)19/h2-3,6-8,11,14,17H,4-5,9-10,12-13H2,1H3,(H,22,23). The fraction of sp³-hybridized carbons (Fsp3) is 0.400. The van der Waals surface area contributed by atoms with Crippen LogP contribution in [0.25, 0.3) is 0 Å². The molecule has 24 heavy (non-hydrogen) atoms. The van der Waals surface area contributed by atoms with Crippen molar-refractivity contribution in [2.24, 2.45) is 0 Å². The predicted molar refractivity (Wildman–Crippen MR) is 94.2 cm³/mol. The Bertz CT molecular complexity index is 700. The number of benzene rings is 1. The van der Waals surface area contributed by atoms with Crippen LogP contribution in [0.4, 0.5) is 0 Å². The summed E-state index contributed by atoms with van der Waals surface area (Å²) in [5.74, 6) is 1.32. The van der Waals surface area contributed by atoms with Crippen LogP contribution in [0.15, 0.2) is 42.7 Å². The number of carbonyl (C=O) groups is 1. The van der Waals surface area contributed by atoms with Crippen LogP contribution >= 0.6 is 0 Å². The lowest BCUT2D eigenvalue weighted by Crippen LogP contribution is -2.28. The van der Waals surface area contributed by atoms with Crippen molar-refractivity contribution < 1.29 is 9.53 Å². The van der Waals surface area contributed by atoms with Gasteiger partial charge in [0.05, 0.1) is 6.61 Å². The van der Waals surface area contributed by atoms with Crippen LogP contribution in [0.5, 0.6) is 5.75 Å². The lowest BCUT2D eigenvalue weighted by Gasteiger charge is -2.25. The normalized spacial score (nSPS) is 16.1. The molecule has 1 aromatic heterocycles. The highest BCUT2D eigenvalue weighted by Crippen LogP contribution is 2.35. The van der Waals surface area contributed by atoms with Crippen LogP contribution in [-0.2, 0) is 11.2 Å². The summed E-state index contributed by atoms with van der Waals surface area (Å²) in [4.78, 5) is 16.3. The second-order valence-corrected chi connectivity index (χ2v) is 6.33. The summed E-state index contributed by atoms with van der Waals surface area (Å²) in [5, 5.41) is 3.06. The van der Waals surface area contributed by atoms with Gasteiger partial charge in [0.2, 0.25) is 5.91 Å². The summed E-state index contributed by atoms with van der Waals surface area (Å²) in [5.41, 5.74) is 3.67. The van der Waals surface area contributed by atoms with E-state index in [9.17, 15) is 4.79 Å². The van der Waals surface area contributed by atoms with Crippen molar-refractivity contribution in [3.63, 3.8) is 0 Å². The predicted octanol–water partition coefficient (Wildman–Crippen LogP) is 3.40. The molecule has 0 fully saturated rings. The van der Waals surface area contributed by atoms with Crippen molar-refractivity contribution in [3.8, 4) is 5.75 Å². The van der Waals surface area contributed by atoms with Gasteiger partial charge in [0.25, 0.3) is 0 Å². The molecule has 0 bridgehead atoms. The molecule has 2 aromatic rings. The number of rotatable bonds is 6. The molecule has 1 unspecified atom stereocenters. The Morgan fingerprint density at radius 2 is 2.21 bits per heavy atom. The Morgan fingerprint density at radius 1 is 1.33 bits per heavy atom. The molecular weight excluding hydrogens is 300 g/mol. The topological polar surface area (TPSA) is 51.2 Å². The van der Waals surface area contributed by atoms with Crippen molar-refractivity contribution in [2.45, 2.75) is 38.5 Å². The molecule has 0 radical (unpaired) electrons. The van der Waals surface area contributed by atoms with Gasteiger partial charge in [0, 0.05) is 25.4 Å². The number of hydrogen-bond donors (Lipinski definition) is 1. The SMILES string of the molecule is Cc1cnccc1CCCNC(=O)CC1CCOc2ccccc21. The van der Waals surface area contributed by atoms with Crippen molar-refractivity contribution >= 4 is 5.91 Å². The molecule has 0 spiro atoms. The molecule has 2 heterocycles. The Hall–Kier alpha value is -2.36. The number of para-hydroxylation sites is 1. The first kappa shape index (κ1) is 16.5. The Balaban J connectivity index is 1.44. The largest absolute Gasteiger partial charge is 0.493 e. The molecule has 0 saturated heterocycles. The van der Waals surface area contributed by atoms with Crippen LogP contribution in [-0.4, -0.2) is 24.0 Å². The van der Waals surface area contributed by atoms with E-state index in [0.29, 0.717) is 19.6 Å². The highest BCUT2D eigenvalue weighted by Gasteiger charge is 2.23. The zero-order valence-electron chi connectivity index (χ0n) is 14.1. The van der Waals surface area contributed by atoms with Gasteiger partial charge in [0.15, 0.2) is 0 Å². The molecule has 0 aliphatic carbocycles. The fourth-order valence-electron chi connectivity index (χ4n) is 3.21. The maximum Gasteiger partial charge on any atom is 0.220 e. The van der Waals surface area contributed by atoms with Gasteiger partial charge in [-0.3, -0.25) is 9.78 Å². The monoisotopic (exact) mass is 324 g/mol. The summed E-state index contributed by atoms with van der Waals surface area (Å²) >= 11 is 0. The molecule has 1 N–H and O–H groups in total. The zero-order chi connectivity index (χ0) is 16.8. The number of pyridine rings is 1. The lowest BCUT2D eigenvalue weighted by molar-refractivity contribution is -0.121. The highest BCUT2D eigenvalue weighted by molar-refractivity contribution is 5.77. The van der Waals surface area contributed by atoms with E-state index in [1.54, 1.807) is 0 Å².